The molecule has 1 aromatic heterocycles. The fraction of sp³-hybridized carbons (Fsp3) is 0.692. The summed E-state index contributed by atoms with van der Waals surface area (Å²) in [6.45, 7) is 5.01. The molecule has 1 aliphatic rings. The fourth-order valence-corrected chi connectivity index (χ4v) is 2.72. The van der Waals surface area contributed by atoms with Gasteiger partial charge in [0.2, 0.25) is 0 Å². The van der Waals surface area contributed by atoms with Crippen molar-refractivity contribution in [2.75, 3.05) is 0 Å². The van der Waals surface area contributed by atoms with Crippen LogP contribution in [0.15, 0.2) is 6.33 Å². The van der Waals surface area contributed by atoms with Crippen LogP contribution in [-0.4, -0.2) is 15.1 Å². The summed E-state index contributed by atoms with van der Waals surface area (Å²) in [7, 11) is 0. The molecule has 0 amide bonds. The fourth-order valence-electron chi connectivity index (χ4n) is 2.72. The molecule has 1 heterocycles. The number of imidazole rings is 1. The number of hydrogen-bond acceptors (Lipinski definition) is 3. The Morgan fingerprint density at radius 3 is 3.00 bits per heavy atom. The Morgan fingerprint density at radius 2 is 2.41 bits per heavy atom. The van der Waals surface area contributed by atoms with Gasteiger partial charge in [-0.1, -0.05) is 6.42 Å². The standard InChI is InChI=1S/C13H20N4/c1-10-11(2)17(9-16-10)7-5-12-4-3-6-13(12,15)8-14/h9,12H,3-7,15H2,1-2H3. The second-order valence-corrected chi connectivity index (χ2v) is 5.14. The molecule has 2 atom stereocenters. The van der Waals surface area contributed by atoms with Crippen molar-refractivity contribution in [2.24, 2.45) is 11.7 Å². The van der Waals surface area contributed by atoms with Crippen LogP contribution in [0.1, 0.15) is 37.1 Å². The van der Waals surface area contributed by atoms with Gasteiger partial charge in [-0.2, -0.15) is 5.26 Å². The SMILES string of the molecule is Cc1ncn(CCC2CCCC2(N)C#N)c1C. The molecule has 4 heteroatoms. The third-order valence-electron chi connectivity index (χ3n) is 4.14. The molecule has 2 N–H and O–H groups in total. The number of aryl methyl sites for hydroxylation is 2. The van der Waals surface area contributed by atoms with Gasteiger partial charge < -0.3 is 10.3 Å². The first-order valence-electron chi connectivity index (χ1n) is 6.25. The number of rotatable bonds is 3. The molecule has 1 saturated carbocycles. The van der Waals surface area contributed by atoms with Crippen LogP contribution in [0.3, 0.4) is 0 Å². The van der Waals surface area contributed by atoms with Crippen LogP contribution in [0.5, 0.6) is 0 Å². The van der Waals surface area contributed by atoms with E-state index in [-0.39, 0.29) is 0 Å². The molecular weight excluding hydrogens is 212 g/mol. The van der Waals surface area contributed by atoms with Gasteiger partial charge in [-0.25, -0.2) is 4.98 Å². The summed E-state index contributed by atoms with van der Waals surface area (Å²) in [5.41, 5.74) is 7.82. The van der Waals surface area contributed by atoms with Gasteiger partial charge in [-0.3, -0.25) is 0 Å². The Kier molecular flexibility index (Phi) is 3.21. The summed E-state index contributed by atoms with van der Waals surface area (Å²) in [6.07, 6.45) is 5.86. The first-order chi connectivity index (χ1) is 8.07. The molecule has 1 fully saturated rings. The molecule has 92 valence electrons. The first kappa shape index (κ1) is 12.1. The summed E-state index contributed by atoms with van der Waals surface area (Å²) in [4.78, 5) is 4.28. The van der Waals surface area contributed by atoms with E-state index in [2.05, 4.69) is 22.5 Å². The average Bonchev–Trinajstić information content (AvgIpc) is 2.84. The smallest absolute Gasteiger partial charge is 0.107 e. The van der Waals surface area contributed by atoms with Gasteiger partial charge >= 0.3 is 0 Å². The second-order valence-electron chi connectivity index (χ2n) is 5.14. The van der Waals surface area contributed by atoms with Crippen molar-refractivity contribution in [1.29, 1.82) is 5.26 Å². The lowest BCUT2D eigenvalue weighted by atomic mass is 9.87. The summed E-state index contributed by atoms with van der Waals surface area (Å²) >= 11 is 0. The van der Waals surface area contributed by atoms with Crippen LogP contribution in [0.2, 0.25) is 0 Å². The third kappa shape index (κ3) is 2.20. The van der Waals surface area contributed by atoms with Crippen molar-refractivity contribution >= 4 is 0 Å². The predicted molar refractivity (Wildman–Crippen MR) is 66.2 cm³/mol. The van der Waals surface area contributed by atoms with E-state index in [1.54, 1.807) is 0 Å². The summed E-state index contributed by atoms with van der Waals surface area (Å²) in [6, 6.07) is 2.30. The molecular formula is C13H20N4. The highest BCUT2D eigenvalue weighted by Crippen LogP contribution is 2.35. The van der Waals surface area contributed by atoms with Crippen LogP contribution in [0, 0.1) is 31.1 Å². The molecule has 1 aliphatic carbocycles. The molecule has 4 nitrogen and oxygen atoms in total. The zero-order chi connectivity index (χ0) is 12.5. The van der Waals surface area contributed by atoms with Gasteiger partial charge in [0.05, 0.1) is 18.1 Å². The van der Waals surface area contributed by atoms with E-state index in [9.17, 15) is 0 Å². The lowest BCUT2D eigenvalue weighted by molar-refractivity contribution is 0.352. The lowest BCUT2D eigenvalue weighted by Crippen LogP contribution is -2.42. The van der Waals surface area contributed by atoms with Gasteiger partial charge in [-0.15, -0.1) is 0 Å². The van der Waals surface area contributed by atoms with Crippen molar-refractivity contribution in [3.8, 4) is 6.07 Å². The summed E-state index contributed by atoms with van der Waals surface area (Å²) in [5.74, 6) is 0.328. The van der Waals surface area contributed by atoms with Gasteiger partial charge in [0.15, 0.2) is 0 Å². The van der Waals surface area contributed by atoms with Gasteiger partial charge in [-0.05, 0) is 39.0 Å². The molecule has 2 rings (SSSR count). The monoisotopic (exact) mass is 232 g/mol. The highest BCUT2D eigenvalue weighted by atomic mass is 15.0. The normalized spacial score (nSPS) is 28.2. The minimum atomic E-state index is -0.594. The van der Waals surface area contributed by atoms with E-state index < -0.39 is 5.54 Å². The molecule has 0 spiro atoms. The van der Waals surface area contributed by atoms with Crippen LogP contribution >= 0.6 is 0 Å². The number of nitrogens with zero attached hydrogens (tertiary/aromatic N) is 3. The van der Waals surface area contributed by atoms with Crippen molar-refractivity contribution < 1.29 is 0 Å². The molecule has 0 bridgehead atoms. The maximum Gasteiger partial charge on any atom is 0.107 e. The van der Waals surface area contributed by atoms with Crippen molar-refractivity contribution in [1.82, 2.24) is 9.55 Å². The molecule has 1 aromatic rings. The highest BCUT2D eigenvalue weighted by Gasteiger charge is 2.39. The Hall–Kier alpha value is -1.34. The zero-order valence-electron chi connectivity index (χ0n) is 10.6. The topological polar surface area (TPSA) is 67.6 Å². The van der Waals surface area contributed by atoms with E-state index in [0.717, 1.165) is 37.9 Å². The predicted octanol–water partition coefficient (Wildman–Crippen LogP) is 1.91. The van der Waals surface area contributed by atoms with Gasteiger partial charge in [0, 0.05) is 12.2 Å². The number of hydrogen-bond donors (Lipinski definition) is 1. The molecule has 0 saturated heterocycles. The number of nitriles is 1. The molecule has 0 aliphatic heterocycles. The van der Waals surface area contributed by atoms with Crippen LogP contribution < -0.4 is 5.73 Å². The van der Waals surface area contributed by atoms with Crippen LogP contribution in [-0.2, 0) is 6.54 Å². The van der Waals surface area contributed by atoms with E-state index in [0.29, 0.717) is 5.92 Å². The molecule has 0 radical (unpaired) electrons. The van der Waals surface area contributed by atoms with E-state index in [4.69, 9.17) is 11.0 Å². The summed E-state index contributed by atoms with van der Waals surface area (Å²) in [5, 5.41) is 9.16. The molecule has 0 aromatic carbocycles. The lowest BCUT2D eigenvalue weighted by Gasteiger charge is -2.24. The third-order valence-corrected chi connectivity index (χ3v) is 4.14. The average molecular weight is 232 g/mol. The van der Waals surface area contributed by atoms with Crippen molar-refractivity contribution in [3.63, 3.8) is 0 Å². The van der Waals surface area contributed by atoms with E-state index in [1.165, 1.54) is 5.69 Å². The van der Waals surface area contributed by atoms with Crippen LogP contribution in [0.4, 0.5) is 0 Å². The van der Waals surface area contributed by atoms with Crippen molar-refractivity contribution in [2.45, 2.75) is 51.6 Å². The Morgan fingerprint density at radius 1 is 1.65 bits per heavy atom. The minimum Gasteiger partial charge on any atom is -0.335 e. The van der Waals surface area contributed by atoms with Gasteiger partial charge in [0.1, 0.15) is 5.54 Å². The van der Waals surface area contributed by atoms with Gasteiger partial charge in [0.25, 0.3) is 0 Å². The Balaban J connectivity index is 1.99. The Labute approximate surface area is 102 Å². The summed E-state index contributed by atoms with van der Waals surface area (Å²) < 4.78 is 2.16. The number of aromatic nitrogens is 2. The van der Waals surface area contributed by atoms with Crippen LogP contribution in [0.25, 0.3) is 0 Å². The highest BCUT2D eigenvalue weighted by molar-refractivity contribution is 5.12. The van der Waals surface area contributed by atoms with E-state index >= 15 is 0 Å². The second kappa shape index (κ2) is 4.50. The molecule has 2 unspecified atom stereocenters. The molecule has 17 heavy (non-hydrogen) atoms. The van der Waals surface area contributed by atoms with Crippen molar-refractivity contribution in [3.05, 3.63) is 17.7 Å². The maximum absolute atomic E-state index is 9.16. The largest absolute Gasteiger partial charge is 0.335 e. The zero-order valence-corrected chi connectivity index (χ0v) is 10.6. The number of nitrogens with two attached hydrogens (primary N) is 1. The Bertz CT molecular complexity index is 443. The van der Waals surface area contributed by atoms with E-state index in [1.807, 2.05) is 13.3 Å². The minimum absolute atomic E-state index is 0.328. The maximum atomic E-state index is 9.16. The quantitative estimate of drug-likeness (QED) is 0.865. The first-order valence-corrected chi connectivity index (χ1v) is 6.25.